The van der Waals surface area contributed by atoms with Gasteiger partial charge in [-0.3, -0.25) is 0 Å². The Labute approximate surface area is 87.8 Å². The number of fused-ring (bicyclic) bond motifs is 1. The molecule has 2 aromatic rings. The second-order valence-corrected chi connectivity index (χ2v) is 4.65. The van der Waals surface area contributed by atoms with Crippen molar-refractivity contribution < 1.29 is 0 Å². The largest absolute Gasteiger partial charge is 0.399 e. The van der Waals surface area contributed by atoms with E-state index in [1.54, 1.807) is 11.3 Å². The maximum Gasteiger partial charge on any atom is 0.0966 e. The molecule has 0 bridgehead atoms. The average Bonchev–Trinajstić information content (AvgIpc) is 2.59. The van der Waals surface area contributed by atoms with E-state index in [1.807, 2.05) is 18.2 Å². The van der Waals surface area contributed by atoms with Crippen LogP contribution in [0.4, 0.5) is 5.69 Å². The van der Waals surface area contributed by atoms with Gasteiger partial charge in [-0.15, -0.1) is 11.3 Å². The molecule has 1 aromatic carbocycles. The molecular weight excluding hydrogens is 192 g/mol. The third-order valence-electron chi connectivity index (χ3n) is 2.46. The van der Waals surface area contributed by atoms with Gasteiger partial charge in [0.2, 0.25) is 0 Å². The van der Waals surface area contributed by atoms with Crippen molar-refractivity contribution in [2.75, 3.05) is 5.73 Å². The van der Waals surface area contributed by atoms with Crippen molar-refractivity contribution >= 4 is 27.2 Å². The zero-order chi connectivity index (χ0) is 10.1. The lowest BCUT2D eigenvalue weighted by molar-refractivity contribution is 0.729. The molecule has 0 fully saturated rings. The van der Waals surface area contributed by atoms with Crippen molar-refractivity contribution in [3.63, 3.8) is 0 Å². The van der Waals surface area contributed by atoms with Gasteiger partial charge >= 0.3 is 0 Å². The maximum atomic E-state index is 5.72. The molecule has 0 saturated heterocycles. The predicted molar refractivity (Wildman–Crippen MR) is 62.7 cm³/mol. The first-order chi connectivity index (χ1) is 6.70. The molecule has 0 amide bonds. The number of benzene rings is 1. The lowest BCUT2D eigenvalue weighted by Gasteiger charge is -2.00. The minimum atomic E-state index is 0.550. The summed E-state index contributed by atoms with van der Waals surface area (Å²) in [5.74, 6) is 0.550. The summed E-state index contributed by atoms with van der Waals surface area (Å²) in [6, 6.07) is 5.90. The Morgan fingerprint density at radius 1 is 1.50 bits per heavy atom. The van der Waals surface area contributed by atoms with E-state index in [0.29, 0.717) is 5.92 Å². The molecule has 0 aliphatic carbocycles. The second-order valence-electron chi connectivity index (χ2n) is 3.59. The smallest absolute Gasteiger partial charge is 0.0966 e. The quantitative estimate of drug-likeness (QED) is 0.765. The molecular formula is C11H14N2S. The zero-order valence-corrected chi connectivity index (χ0v) is 9.27. The van der Waals surface area contributed by atoms with E-state index >= 15 is 0 Å². The molecule has 0 aliphatic rings. The molecule has 1 heterocycles. The number of hydrogen-bond donors (Lipinski definition) is 1. The van der Waals surface area contributed by atoms with Gasteiger partial charge in [-0.05, 0) is 24.6 Å². The number of thiazole rings is 1. The summed E-state index contributed by atoms with van der Waals surface area (Å²) in [5.41, 5.74) is 7.61. The molecule has 0 aliphatic heterocycles. The predicted octanol–water partition coefficient (Wildman–Crippen LogP) is 3.39. The van der Waals surface area contributed by atoms with Gasteiger partial charge in [0, 0.05) is 11.6 Å². The molecule has 1 aromatic heterocycles. The number of rotatable bonds is 2. The molecule has 0 radical (unpaired) electrons. The topological polar surface area (TPSA) is 38.9 Å². The highest BCUT2D eigenvalue weighted by molar-refractivity contribution is 7.18. The molecule has 0 saturated carbocycles. The summed E-state index contributed by atoms with van der Waals surface area (Å²) >= 11 is 1.75. The molecule has 74 valence electrons. The molecule has 1 atom stereocenters. The lowest BCUT2D eigenvalue weighted by atomic mass is 10.1. The lowest BCUT2D eigenvalue weighted by Crippen LogP contribution is -1.88. The summed E-state index contributed by atoms with van der Waals surface area (Å²) in [6.45, 7) is 4.40. The van der Waals surface area contributed by atoms with E-state index < -0.39 is 0 Å². The SMILES string of the molecule is CC[C@H](C)c1nc2ccc(N)cc2s1. The minimum absolute atomic E-state index is 0.550. The highest BCUT2D eigenvalue weighted by atomic mass is 32.1. The number of anilines is 1. The Balaban J connectivity index is 2.51. The van der Waals surface area contributed by atoms with E-state index in [0.717, 1.165) is 17.6 Å². The van der Waals surface area contributed by atoms with Crippen molar-refractivity contribution in [3.8, 4) is 0 Å². The van der Waals surface area contributed by atoms with Crippen molar-refractivity contribution in [2.45, 2.75) is 26.2 Å². The van der Waals surface area contributed by atoms with E-state index in [2.05, 4.69) is 18.8 Å². The van der Waals surface area contributed by atoms with Gasteiger partial charge in [0.1, 0.15) is 0 Å². The Morgan fingerprint density at radius 3 is 3.00 bits per heavy atom. The molecule has 3 heteroatoms. The van der Waals surface area contributed by atoms with E-state index in [-0.39, 0.29) is 0 Å². The highest BCUT2D eigenvalue weighted by Gasteiger charge is 2.09. The van der Waals surface area contributed by atoms with Crippen LogP contribution in [0.25, 0.3) is 10.2 Å². The van der Waals surface area contributed by atoms with Gasteiger partial charge < -0.3 is 5.73 Å². The Kier molecular flexibility index (Phi) is 2.42. The summed E-state index contributed by atoms with van der Waals surface area (Å²) in [7, 11) is 0. The third kappa shape index (κ3) is 1.60. The van der Waals surface area contributed by atoms with Crippen LogP contribution in [0.5, 0.6) is 0 Å². The van der Waals surface area contributed by atoms with Gasteiger partial charge in [-0.25, -0.2) is 4.98 Å². The monoisotopic (exact) mass is 206 g/mol. The first-order valence-corrected chi connectivity index (χ1v) is 5.68. The number of nitrogens with zero attached hydrogens (tertiary/aromatic N) is 1. The third-order valence-corrected chi connectivity index (χ3v) is 3.71. The number of aromatic nitrogens is 1. The molecule has 0 spiro atoms. The standard InChI is InChI=1S/C11H14N2S/c1-3-7(2)11-13-9-5-4-8(12)6-10(9)14-11/h4-7H,3,12H2,1-2H3/t7-/m0/s1. The second kappa shape index (κ2) is 3.58. The fourth-order valence-electron chi connectivity index (χ4n) is 1.34. The molecule has 2 nitrogen and oxygen atoms in total. The van der Waals surface area contributed by atoms with E-state index in [4.69, 9.17) is 5.73 Å². The van der Waals surface area contributed by atoms with Crippen molar-refractivity contribution in [2.24, 2.45) is 0 Å². The van der Waals surface area contributed by atoms with Gasteiger partial charge in [-0.1, -0.05) is 13.8 Å². The van der Waals surface area contributed by atoms with Crippen molar-refractivity contribution in [1.29, 1.82) is 0 Å². The molecule has 2 rings (SSSR count). The van der Waals surface area contributed by atoms with Crippen LogP contribution in [0, 0.1) is 0 Å². The van der Waals surface area contributed by atoms with Crippen LogP contribution in [0.2, 0.25) is 0 Å². The number of nitrogens with two attached hydrogens (primary N) is 1. The summed E-state index contributed by atoms with van der Waals surface area (Å²) in [5, 5.41) is 1.22. The van der Waals surface area contributed by atoms with E-state index in [1.165, 1.54) is 9.71 Å². The first-order valence-electron chi connectivity index (χ1n) is 4.86. The molecule has 2 N–H and O–H groups in total. The summed E-state index contributed by atoms with van der Waals surface area (Å²) in [6.07, 6.45) is 1.13. The van der Waals surface area contributed by atoms with Gasteiger partial charge in [-0.2, -0.15) is 0 Å². The maximum absolute atomic E-state index is 5.72. The highest BCUT2D eigenvalue weighted by Crippen LogP contribution is 2.29. The fraction of sp³-hybridized carbons (Fsp3) is 0.364. The number of nitrogen functional groups attached to an aromatic ring is 1. The van der Waals surface area contributed by atoms with Crippen molar-refractivity contribution in [1.82, 2.24) is 4.98 Å². The fourth-order valence-corrected chi connectivity index (χ4v) is 2.49. The summed E-state index contributed by atoms with van der Waals surface area (Å²) in [4.78, 5) is 4.59. The van der Waals surface area contributed by atoms with Crippen LogP contribution in [0.1, 0.15) is 31.2 Å². The first kappa shape index (κ1) is 9.46. The van der Waals surface area contributed by atoms with Gasteiger partial charge in [0.05, 0.1) is 15.2 Å². The Hall–Kier alpha value is -1.09. The van der Waals surface area contributed by atoms with Crippen LogP contribution in [-0.2, 0) is 0 Å². The van der Waals surface area contributed by atoms with Crippen LogP contribution in [0.3, 0.4) is 0 Å². The van der Waals surface area contributed by atoms with Crippen LogP contribution >= 0.6 is 11.3 Å². The summed E-state index contributed by atoms with van der Waals surface area (Å²) < 4.78 is 1.19. The average molecular weight is 206 g/mol. The molecule has 0 unspecified atom stereocenters. The van der Waals surface area contributed by atoms with Crippen LogP contribution in [-0.4, -0.2) is 4.98 Å². The van der Waals surface area contributed by atoms with E-state index in [9.17, 15) is 0 Å². The number of hydrogen-bond acceptors (Lipinski definition) is 3. The Bertz CT molecular complexity index is 447. The Morgan fingerprint density at radius 2 is 2.29 bits per heavy atom. The van der Waals surface area contributed by atoms with Crippen LogP contribution in [0.15, 0.2) is 18.2 Å². The van der Waals surface area contributed by atoms with Crippen molar-refractivity contribution in [3.05, 3.63) is 23.2 Å². The normalized spacial score (nSPS) is 13.3. The molecule has 14 heavy (non-hydrogen) atoms. The van der Waals surface area contributed by atoms with Crippen LogP contribution < -0.4 is 5.73 Å². The van der Waals surface area contributed by atoms with Gasteiger partial charge in [0.25, 0.3) is 0 Å². The zero-order valence-electron chi connectivity index (χ0n) is 8.45. The van der Waals surface area contributed by atoms with Gasteiger partial charge in [0.15, 0.2) is 0 Å². The minimum Gasteiger partial charge on any atom is -0.399 e.